The van der Waals surface area contributed by atoms with Crippen molar-refractivity contribution in [2.45, 2.75) is 6.54 Å². The number of para-hydroxylation sites is 1. The minimum absolute atomic E-state index is 0.914. The molecule has 0 atom stereocenters. The van der Waals surface area contributed by atoms with E-state index in [1.807, 2.05) is 6.07 Å². The third-order valence-corrected chi connectivity index (χ3v) is 2.95. The second kappa shape index (κ2) is 4.51. The smallest absolute Gasteiger partial charge is 0.136 e. The van der Waals surface area contributed by atoms with Crippen molar-refractivity contribution in [1.29, 1.82) is 0 Å². The lowest BCUT2D eigenvalue weighted by Crippen LogP contribution is -2.25. The van der Waals surface area contributed by atoms with Crippen LogP contribution in [0.2, 0.25) is 0 Å². The van der Waals surface area contributed by atoms with Crippen LogP contribution in [-0.2, 0) is 6.54 Å². The van der Waals surface area contributed by atoms with Crippen LogP contribution in [0.15, 0.2) is 42.9 Å². The van der Waals surface area contributed by atoms with Gasteiger partial charge in [-0.3, -0.25) is 0 Å². The molecule has 0 radical (unpaired) electrons. The average molecular weight is 226 g/mol. The fourth-order valence-corrected chi connectivity index (χ4v) is 2.14. The number of nitrogens with zero attached hydrogens (tertiary/aromatic N) is 3. The zero-order chi connectivity index (χ0) is 11.5. The number of fused-ring (bicyclic) bond motifs is 1. The van der Waals surface area contributed by atoms with Crippen molar-refractivity contribution in [2.75, 3.05) is 18.0 Å². The van der Waals surface area contributed by atoms with Gasteiger partial charge in [0.1, 0.15) is 12.1 Å². The van der Waals surface area contributed by atoms with Gasteiger partial charge >= 0.3 is 0 Å². The van der Waals surface area contributed by atoms with Crippen LogP contribution in [0.5, 0.6) is 0 Å². The Morgan fingerprint density at radius 2 is 2.12 bits per heavy atom. The highest BCUT2D eigenvalue weighted by Crippen LogP contribution is 2.27. The molecule has 0 amide bonds. The van der Waals surface area contributed by atoms with Gasteiger partial charge in [0, 0.05) is 31.5 Å². The van der Waals surface area contributed by atoms with E-state index >= 15 is 0 Å². The van der Waals surface area contributed by atoms with Gasteiger partial charge in [0.2, 0.25) is 0 Å². The number of hydrogen-bond acceptors (Lipinski definition) is 4. The Kier molecular flexibility index (Phi) is 2.71. The maximum atomic E-state index is 4.33. The van der Waals surface area contributed by atoms with E-state index in [0.29, 0.717) is 0 Å². The Bertz CT molecular complexity index is 498. The fourth-order valence-electron chi connectivity index (χ4n) is 2.14. The highest BCUT2D eigenvalue weighted by Gasteiger charge is 2.16. The summed E-state index contributed by atoms with van der Waals surface area (Å²) in [6.07, 6.45) is 3.37. The fraction of sp³-hybridized carbons (Fsp3) is 0.231. The first-order valence-corrected chi connectivity index (χ1v) is 5.77. The van der Waals surface area contributed by atoms with Crippen molar-refractivity contribution in [3.63, 3.8) is 0 Å². The quantitative estimate of drug-likeness (QED) is 0.804. The second-order valence-corrected chi connectivity index (χ2v) is 4.02. The summed E-state index contributed by atoms with van der Waals surface area (Å²) >= 11 is 0. The molecule has 0 unspecified atom stereocenters. The molecule has 86 valence electrons. The van der Waals surface area contributed by atoms with E-state index in [9.17, 15) is 0 Å². The van der Waals surface area contributed by atoms with E-state index in [1.54, 1.807) is 12.5 Å². The predicted octanol–water partition coefficient (Wildman–Crippen LogP) is 1.72. The summed E-state index contributed by atoms with van der Waals surface area (Å²) in [6.45, 7) is 2.80. The Hall–Kier alpha value is -1.94. The first-order chi connectivity index (χ1) is 8.45. The van der Waals surface area contributed by atoms with Gasteiger partial charge in [0.15, 0.2) is 0 Å². The van der Waals surface area contributed by atoms with Crippen LogP contribution < -0.4 is 10.2 Å². The molecule has 0 aliphatic carbocycles. The van der Waals surface area contributed by atoms with Gasteiger partial charge < -0.3 is 10.2 Å². The Morgan fingerprint density at radius 3 is 3.00 bits per heavy atom. The molecule has 2 heterocycles. The molecule has 4 nitrogen and oxygen atoms in total. The summed E-state index contributed by atoms with van der Waals surface area (Å²) in [4.78, 5) is 10.5. The van der Waals surface area contributed by atoms with E-state index in [-0.39, 0.29) is 0 Å². The lowest BCUT2D eigenvalue weighted by Gasteiger charge is -2.23. The number of aromatic nitrogens is 2. The topological polar surface area (TPSA) is 41.0 Å². The molecule has 2 aromatic rings. The highest BCUT2D eigenvalue weighted by atomic mass is 15.2. The van der Waals surface area contributed by atoms with Crippen LogP contribution >= 0.6 is 0 Å². The Morgan fingerprint density at radius 1 is 1.18 bits per heavy atom. The summed E-state index contributed by atoms with van der Waals surface area (Å²) < 4.78 is 0. The largest absolute Gasteiger partial charge is 0.325 e. The van der Waals surface area contributed by atoms with Crippen molar-refractivity contribution in [2.24, 2.45) is 0 Å². The molecule has 1 aromatic heterocycles. The van der Waals surface area contributed by atoms with Crippen LogP contribution in [0.3, 0.4) is 0 Å². The number of hydrogen-bond donors (Lipinski definition) is 1. The van der Waals surface area contributed by atoms with Crippen LogP contribution in [0.1, 0.15) is 5.56 Å². The third kappa shape index (κ3) is 1.99. The van der Waals surface area contributed by atoms with Crippen molar-refractivity contribution in [1.82, 2.24) is 15.3 Å². The Labute approximate surface area is 100 Å². The molecular formula is C13H14N4. The molecule has 0 fully saturated rings. The molecule has 4 heteroatoms. The zero-order valence-corrected chi connectivity index (χ0v) is 9.50. The summed E-state index contributed by atoms with van der Waals surface area (Å²) in [5.74, 6) is 0.955. The second-order valence-electron chi connectivity index (χ2n) is 4.02. The van der Waals surface area contributed by atoms with E-state index in [4.69, 9.17) is 0 Å². The first-order valence-electron chi connectivity index (χ1n) is 5.77. The van der Waals surface area contributed by atoms with Gasteiger partial charge in [-0.05, 0) is 17.7 Å². The van der Waals surface area contributed by atoms with Crippen molar-refractivity contribution < 1.29 is 0 Å². The maximum absolute atomic E-state index is 4.33. The van der Waals surface area contributed by atoms with Gasteiger partial charge in [-0.25, -0.2) is 9.97 Å². The van der Waals surface area contributed by atoms with E-state index in [2.05, 4.69) is 44.5 Å². The number of anilines is 2. The molecule has 1 aliphatic heterocycles. The van der Waals surface area contributed by atoms with Gasteiger partial charge in [0.05, 0.1) is 0 Å². The molecule has 1 N–H and O–H groups in total. The maximum Gasteiger partial charge on any atom is 0.136 e. The van der Waals surface area contributed by atoms with Gasteiger partial charge in [0.25, 0.3) is 0 Å². The lowest BCUT2D eigenvalue weighted by molar-refractivity contribution is 0.711. The number of rotatable bonds is 1. The average Bonchev–Trinajstić information content (AvgIpc) is 2.62. The monoisotopic (exact) mass is 226 g/mol. The summed E-state index contributed by atoms with van der Waals surface area (Å²) in [5, 5.41) is 3.42. The van der Waals surface area contributed by atoms with E-state index in [1.165, 1.54) is 11.3 Å². The summed E-state index contributed by atoms with van der Waals surface area (Å²) in [6, 6.07) is 10.4. The third-order valence-electron chi connectivity index (χ3n) is 2.95. The minimum atomic E-state index is 0.914. The van der Waals surface area contributed by atoms with Gasteiger partial charge in [-0.2, -0.15) is 0 Å². The normalized spacial score (nSPS) is 15.2. The molecular weight excluding hydrogens is 212 g/mol. The molecule has 0 spiro atoms. The Balaban J connectivity index is 2.06. The SMILES string of the molecule is c1ccc2c(c1)CNCCN2c1ccncn1. The lowest BCUT2D eigenvalue weighted by atomic mass is 10.1. The van der Waals surface area contributed by atoms with Crippen LogP contribution in [0.4, 0.5) is 11.5 Å². The molecule has 0 saturated carbocycles. The van der Waals surface area contributed by atoms with Crippen LogP contribution in [0, 0.1) is 0 Å². The van der Waals surface area contributed by atoms with E-state index < -0.39 is 0 Å². The molecule has 17 heavy (non-hydrogen) atoms. The number of nitrogens with one attached hydrogen (secondary N) is 1. The first kappa shape index (κ1) is 10.2. The predicted molar refractivity (Wildman–Crippen MR) is 67.2 cm³/mol. The van der Waals surface area contributed by atoms with Crippen LogP contribution in [-0.4, -0.2) is 23.1 Å². The molecule has 0 saturated heterocycles. The van der Waals surface area contributed by atoms with Crippen molar-refractivity contribution >= 4 is 11.5 Å². The van der Waals surface area contributed by atoms with Crippen molar-refractivity contribution in [3.05, 3.63) is 48.4 Å². The summed E-state index contributed by atoms with van der Waals surface area (Å²) in [5.41, 5.74) is 2.54. The minimum Gasteiger partial charge on any atom is -0.325 e. The van der Waals surface area contributed by atoms with E-state index in [0.717, 1.165) is 25.5 Å². The van der Waals surface area contributed by atoms with Crippen molar-refractivity contribution in [3.8, 4) is 0 Å². The molecule has 1 aliphatic rings. The molecule has 3 rings (SSSR count). The van der Waals surface area contributed by atoms with Gasteiger partial charge in [-0.15, -0.1) is 0 Å². The standard InChI is InChI=1S/C13H14N4/c1-2-4-12-11(3-1)9-14-7-8-17(12)13-5-6-15-10-16-13/h1-6,10,14H,7-9H2. The molecule has 0 bridgehead atoms. The zero-order valence-electron chi connectivity index (χ0n) is 9.50. The van der Waals surface area contributed by atoms with Crippen LogP contribution in [0.25, 0.3) is 0 Å². The molecule has 1 aromatic carbocycles. The highest BCUT2D eigenvalue weighted by molar-refractivity contribution is 5.64. The number of benzene rings is 1. The van der Waals surface area contributed by atoms with Gasteiger partial charge in [-0.1, -0.05) is 18.2 Å². The summed E-state index contributed by atoms with van der Waals surface area (Å²) in [7, 11) is 0.